The van der Waals surface area contributed by atoms with Gasteiger partial charge in [-0.15, -0.1) is 6.58 Å². The lowest BCUT2D eigenvalue weighted by Gasteiger charge is -2.23. The fourth-order valence-corrected chi connectivity index (χ4v) is 4.99. The van der Waals surface area contributed by atoms with E-state index in [1.54, 1.807) is 0 Å². The molecule has 0 rings (SSSR count). The van der Waals surface area contributed by atoms with E-state index in [2.05, 4.69) is 27.0 Å². The second-order valence-corrected chi connectivity index (χ2v) is 9.03. The van der Waals surface area contributed by atoms with Gasteiger partial charge in [0.25, 0.3) is 10.1 Å². The molecule has 1 radical (unpaired) electrons. The van der Waals surface area contributed by atoms with Crippen molar-refractivity contribution in [3.63, 3.8) is 0 Å². The molecule has 0 saturated heterocycles. The zero-order valence-corrected chi connectivity index (χ0v) is 12.5. The number of hydrogen-bond donors (Lipinski definition) is 0. The van der Waals surface area contributed by atoms with E-state index in [1.165, 1.54) is 0 Å². The molecule has 5 heteroatoms. The van der Waals surface area contributed by atoms with Gasteiger partial charge in [-0.25, -0.2) is 0 Å². The van der Waals surface area contributed by atoms with Crippen molar-refractivity contribution in [2.75, 3.05) is 6.26 Å². The van der Waals surface area contributed by atoms with Gasteiger partial charge in [-0.3, -0.25) is 4.18 Å². The fourth-order valence-electron chi connectivity index (χ4n) is 1.45. The van der Waals surface area contributed by atoms with Gasteiger partial charge in [-0.05, 0) is 18.8 Å². The average molecular weight is 263 g/mol. The maximum atomic E-state index is 11.2. The standard InChI is InChI=1S/C11H23O3SSi/c1-6-7-8-16(5)11(9-10(2)3)14-15(4,12)13/h6,10-11H,1,7-9H2,2-5H3. The van der Waals surface area contributed by atoms with E-state index in [9.17, 15) is 8.42 Å². The molecule has 0 aliphatic carbocycles. The van der Waals surface area contributed by atoms with Crippen molar-refractivity contribution in [2.45, 2.75) is 45.0 Å². The van der Waals surface area contributed by atoms with Crippen molar-refractivity contribution in [3.8, 4) is 0 Å². The Bertz CT molecular complexity index is 298. The Hall–Kier alpha value is -0.133. The Morgan fingerprint density at radius 1 is 1.44 bits per heavy atom. The Morgan fingerprint density at radius 2 is 2.00 bits per heavy atom. The van der Waals surface area contributed by atoms with Gasteiger partial charge in [-0.2, -0.15) is 8.42 Å². The van der Waals surface area contributed by atoms with E-state index in [0.717, 1.165) is 25.1 Å². The highest BCUT2D eigenvalue weighted by Crippen LogP contribution is 2.17. The molecule has 0 aromatic rings. The summed E-state index contributed by atoms with van der Waals surface area (Å²) >= 11 is 0. The summed E-state index contributed by atoms with van der Waals surface area (Å²) in [5, 5.41) is 0. The molecular formula is C11H23O3SSi. The second-order valence-electron chi connectivity index (χ2n) is 4.59. The summed E-state index contributed by atoms with van der Waals surface area (Å²) in [6.07, 6.45) is 4.76. The minimum Gasteiger partial charge on any atom is -0.271 e. The predicted molar refractivity (Wildman–Crippen MR) is 70.4 cm³/mol. The van der Waals surface area contributed by atoms with Gasteiger partial charge < -0.3 is 0 Å². The minimum absolute atomic E-state index is 0.111. The summed E-state index contributed by atoms with van der Waals surface area (Å²) in [6, 6.07) is 1.01. The first kappa shape index (κ1) is 15.9. The minimum atomic E-state index is -3.34. The molecule has 0 spiro atoms. The zero-order valence-electron chi connectivity index (χ0n) is 10.7. The van der Waals surface area contributed by atoms with Crippen LogP contribution in [0.15, 0.2) is 12.7 Å². The van der Waals surface area contributed by atoms with Crippen molar-refractivity contribution < 1.29 is 12.6 Å². The van der Waals surface area contributed by atoms with Crippen molar-refractivity contribution in [3.05, 3.63) is 12.7 Å². The van der Waals surface area contributed by atoms with Crippen molar-refractivity contribution in [1.82, 2.24) is 0 Å². The van der Waals surface area contributed by atoms with Crippen molar-refractivity contribution in [1.29, 1.82) is 0 Å². The normalized spacial score (nSPS) is 14.4. The summed E-state index contributed by atoms with van der Waals surface area (Å²) in [7, 11) is -4.13. The van der Waals surface area contributed by atoms with Crippen LogP contribution in [0.25, 0.3) is 0 Å². The molecule has 0 N–H and O–H groups in total. The molecule has 1 atom stereocenters. The van der Waals surface area contributed by atoms with E-state index in [-0.39, 0.29) is 5.73 Å². The topological polar surface area (TPSA) is 43.4 Å². The average Bonchev–Trinajstić information content (AvgIpc) is 2.10. The lowest BCUT2D eigenvalue weighted by atomic mass is 10.1. The molecule has 0 aromatic carbocycles. The van der Waals surface area contributed by atoms with E-state index in [0.29, 0.717) is 5.92 Å². The number of allylic oxidation sites excluding steroid dienone is 1. The Balaban J connectivity index is 4.46. The number of hydrogen-bond acceptors (Lipinski definition) is 3. The molecule has 0 aromatic heterocycles. The van der Waals surface area contributed by atoms with Gasteiger partial charge in [0.05, 0.1) is 20.8 Å². The molecule has 95 valence electrons. The molecule has 1 unspecified atom stereocenters. The molecule has 0 aliphatic rings. The Labute approximate surface area is 102 Å². The van der Waals surface area contributed by atoms with E-state index < -0.39 is 18.9 Å². The summed E-state index contributed by atoms with van der Waals surface area (Å²) in [5.41, 5.74) is -0.111. The van der Waals surface area contributed by atoms with Gasteiger partial charge in [0.15, 0.2) is 0 Å². The molecule has 3 nitrogen and oxygen atoms in total. The van der Waals surface area contributed by atoms with E-state index >= 15 is 0 Å². The van der Waals surface area contributed by atoms with Crippen molar-refractivity contribution >= 4 is 18.9 Å². The van der Waals surface area contributed by atoms with Crippen LogP contribution in [0.1, 0.15) is 26.7 Å². The SMILES string of the molecule is C=CCC[Si](C)C(CC(C)C)OS(C)(=O)=O. The smallest absolute Gasteiger partial charge is 0.264 e. The van der Waals surface area contributed by atoms with Crippen LogP contribution in [0.3, 0.4) is 0 Å². The van der Waals surface area contributed by atoms with Crippen LogP contribution in [-0.2, 0) is 14.3 Å². The third kappa shape index (κ3) is 8.07. The highest BCUT2D eigenvalue weighted by molar-refractivity contribution is 7.86. The summed E-state index contributed by atoms with van der Waals surface area (Å²) in [6.45, 7) is 9.99. The van der Waals surface area contributed by atoms with Crippen LogP contribution in [0.5, 0.6) is 0 Å². The fraction of sp³-hybridized carbons (Fsp3) is 0.818. The quantitative estimate of drug-likeness (QED) is 0.384. The summed E-state index contributed by atoms with van der Waals surface area (Å²) in [4.78, 5) is 0. The summed E-state index contributed by atoms with van der Waals surface area (Å²) < 4.78 is 27.5. The van der Waals surface area contributed by atoms with E-state index in [1.807, 2.05) is 6.08 Å². The first-order chi connectivity index (χ1) is 7.26. The Kier molecular flexibility index (Phi) is 7.18. The molecular weight excluding hydrogens is 240 g/mol. The molecule has 0 saturated carbocycles. The molecule has 0 aliphatic heterocycles. The zero-order chi connectivity index (χ0) is 12.8. The second kappa shape index (κ2) is 7.24. The molecule has 0 bridgehead atoms. The van der Waals surface area contributed by atoms with Crippen LogP contribution in [0, 0.1) is 5.92 Å². The monoisotopic (exact) mass is 263 g/mol. The Morgan fingerprint density at radius 3 is 2.38 bits per heavy atom. The molecule has 0 fully saturated rings. The van der Waals surface area contributed by atoms with Gasteiger partial charge >= 0.3 is 0 Å². The molecule has 16 heavy (non-hydrogen) atoms. The lowest BCUT2D eigenvalue weighted by molar-refractivity contribution is 0.250. The van der Waals surface area contributed by atoms with Gasteiger partial charge in [0.1, 0.15) is 0 Å². The first-order valence-corrected chi connectivity index (χ1v) is 9.67. The third-order valence-corrected chi connectivity index (χ3v) is 5.55. The van der Waals surface area contributed by atoms with Gasteiger partial charge in [0, 0.05) is 0 Å². The maximum absolute atomic E-state index is 11.2. The van der Waals surface area contributed by atoms with Gasteiger partial charge in [-0.1, -0.05) is 32.5 Å². The predicted octanol–water partition coefficient (Wildman–Crippen LogP) is 2.62. The number of rotatable bonds is 8. The molecule has 0 heterocycles. The van der Waals surface area contributed by atoms with E-state index in [4.69, 9.17) is 4.18 Å². The van der Waals surface area contributed by atoms with Crippen LogP contribution in [0.4, 0.5) is 0 Å². The third-order valence-electron chi connectivity index (χ3n) is 2.27. The maximum Gasteiger partial charge on any atom is 0.264 e. The van der Waals surface area contributed by atoms with Gasteiger partial charge in [0.2, 0.25) is 0 Å². The van der Waals surface area contributed by atoms with Crippen LogP contribution >= 0.6 is 0 Å². The lowest BCUT2D eigenvalue weighted by Crippen LogP contribution is -2.33. The molecule has 0 amide bonds. The first-order valence-electron chi connectivity index (χ1n) is 5.57. The largest absolute Gasteiger partial charge is 0.271 e. The summed E-state index contributed by atoms with van der Waals surface area (Å²) in [5.74, 6) is 0.454. The van der Waals surface area contributed by atoms with Crippen LogP contribution in [-0.4, -0.2) is 29.2 Å². The van der Waals surface area contributed by atoms with Crippen molar-refractivity contribution in [2.24, 2.45) is 5.92 Å². The highest BCUT2D eigenvalue weighted by Gasteiger charge is 2.24. The highest BCUT2D eigenvalue weighted by atomic mass is 32.2. The van der Waals surface area contributed by atoms with Crippen LogP contribution < -0.4 is 0 Å². The van der Waals surface area contributed by atoms with Crippen LogP contribution in [0.2, 0.25) is 12.6 Å².